The van der Waals surface area contributed by atoms with Gasteiger partial charge in [-0.3, -0.25) is 14.2 Å². The monoisotopic (exact) mass is 421 g/mol. The first-order chi connectivity index (χ1) is 15.7. The lowest BCUT2D eigenvalue weighted by molar-refractivity contribution is -0.116. The molecule has 0 saturated heterocycles. The Morgan fingerprint density at radius 3 is 2.34 bits per heavy atom. The van der Waals surface area contributed by atoms with E-state index in [1.165, 1.54) is 17.1 Å². The zero-order valence-electron chi connectivity index (χ0n) is 17.1. The van der Waals surface area contributed by atoms with Gasteiger partial charge in [0, 0.05) is 11.3 Å². The van der Waals surface area contributed by atoms with Crippen LogP contribution in [0.25, 0.3) is 27.8 Å². The molecule has 0 unspecified atom stereocenters. The Hall–Kier alpha value is -4.52. The summed E-state index contributed by atoms with van der Waals surface area (Å²) in [5.41, 5.74) is 3.53. The highest BCUT2D eigenvalue weighted by Gasteiger charge is 2.14. The van der Waals surface area contributed by atoms with Crippen molar-refractivity contribution in [2.24, 2.45) is 0 Å². The zero-order chi connectivity index (χ0) is 21.9. The number of hydrogen-bond donors (Lipinski definition) is 1. The molecule has 1 amide bonds. The molecule has 7 nitrogen and oxygen atoms in total. The van der Waals surface area contributed by atoms with E-state index >= 15 is 0 Å². The minimum absolute atomic E-state index is 0.151. The fourth-order valence-corrected chi connectivity index (χ4v) is 3.63. The quantitative estimate of drug-likeness (QED) is 0.467. The Morgan fingerprint density at radius 2 is 1.56 bits per heavy atom. The maximum absolute atomic E-state index is 12.9. The second-order valence-electron chi connectivity index (χ2n) is 7.27. The molecule has 7 heteroatoms. The van der Waals surface area contributed by atoms with Crippen LogP contribution in [0.2, 0.25) is 0 Å². The van der Waals surface area contributed by atoms with Crippen molar-refractivity contribution in [2.75, 3.05) is 5.32 Å². The van der Waals surface area contributed by atoms with E-state index in [0.29, 0.717) is 16.7 Å². The average Bonchev–Trinajstić information content (AvgIpc) is 3.27. The van der Waals surface area contributed by atoms with Gasteiger partial charge in [0.05, 0.1) is 11.9 Å². The summed E-state index contributed by atoms with van der Waals surface area (Å²) < 4.78 is 2.90. The fourth-order valence-electron chi connectivity index (χ4n) is 3.63. The second kappa shape index (κ2) is 8.31. The van der Waals surface area contributed by atoms with Gasteiger partial charge < -0.3 is 5.32 Å². The predicted octanol–water partition coefficient (Wildman–Crippen LogP) is 3.89. The van der Waals surface area contributed by atoms with E-state index in [9.17, 15) is 9.59 Å². The van der Waals surface area contributed by atoms with E-state index in [0.717, 1.165) is 16.8 Å². The molecule has 156 valence electrons. The van der Waals surface area contributed by atoms with E-state index in [4.69, 9.17) is 0 Å². The van der Waals surface area contributed by atoms with E-state index in [2.05, 4.69) is 15.4 Å². The largest absolute Gasteiger partial charge is 0.324 e. The number of fused-ring (bicyclic) bond motifs is 1. The lowest BCUT2D eigenvalue weighted by Crippen LogP contribution is -2.28. The maximum atomic E-state index is 12.9. The summed E-state index contributed by atoms with van der Waals surface area (Å²) in [4.78, 5) is 30.1. The van der Waals surface area contributed by atoms with Crippen LogP contribution in [-0.2, 0) is 11.3 Å². The minimum atomic E-state index is -0.316. The van der Waals surface area contributed by atoms with Crippen molar-refractivity contribution in [3.05, 3.63) is 108 Å². The molecule has 3 aromatic carbocycles. The smallest absolute Gasteiger partial charge is 0.264 e. The number of rotatable bonds is 5. The zero-order valence-corrected chi connectivity index (χ0v) is 17.1. The first kappa shape index (κ1) is 19.4. The fraction of sp³-hybridized carbons (Fsp3) is 0.0400. The van der Waals surface area contributed by atoms with E-state index in [1.807, 2.05) is 84.9 Å². The topological polar surface area (TPSA) is 81.8 Å². The molecule has 5 rings (SSSR count). The van der Waals surface area contributed by atoms with Crippen LogP contribution in [0.15, 0.2) is 102 Å². The van der Waals surface area contributed by atoms with Crippen molar-refractivity contribution in [3.8, 4) is 16.8 Å². The Morgan fingerprint density at radius 1 is 0.875 bits per heavy atom. The number of nitrogens with zero attached hydrogens (tertiary/aromatic N) is 4. The summed E-state index contributed by atoms with van der Waals surface area (Å²) in [5, 5.41) is 7.57. The molecule has 0 atom stereocenters. The Kier molecular flexibility index (Phi) is 5.05. The van der Waals surface area contributed by atoms with Gasteiger partial charge in [-0.15, -0.1) is 0 Å². The SMILES string of the molecule is O=C(Cn1cnc2c(cnn2-c2ccccc2)c1=O)Nc1ccccc1-c1ccccc1. The molecule has 2 aromatic heterocycles. The Labute approximate surface area is 183 Å². The van der Waals surface area contributed by atoms with Crippen LogP contribution < -0.4 is 10.9 Å². The van der Waals surface area contributed by atoms with E-state index in [-0.39, 0.29) is 18.0 Å². The molecule has 0 aliphatic rings. The van der Waals surface area contributed by atoms with E-state index in [1.54, 1.807) is 4.68 Å². The van der Waals surface area contributed by atoms with Crippen molar-refractivity contribution in [3.63, 3.8) is 0 Å². The van der Waals surface area contributed by atoms with Crippen molar-refractivity contribution in [1.82, 2.24) is 19.3 Å². The third-order valence-corrected chi connectivity index (χ3v) is 5.16. The summed E-state index contributed by atoms with van der Waals surface area (Å²) in [6.45, 7) is -0.151. The van der Waals surface area contributed by atoms with Gasteiger partial charge in [-0.25, -0.2) is 9.67 Å². The third kappa shape index (κ3) is 3.67. The van der Waals surface area contributed by atoms with Crippen molar-refractivity contribution >= 4 is 22.6 Å². The highest BCUT2D eigenvalue weighted by Crippen LogP contribution is 2.27. The number of benzene rings is 3. The molecular weight excluding hydrogens is 402 g/mol. The standard InChI is InChI=1S/C25H19N5O2/c31-23(28-22-14-8-7-13-20(22)18-9-3-1-4-10-18)16-29-17-26-24-21(25(29)32)15-27-30(24)19-11-5-2-6-12-19/h1-15,17H,16H2,(H,28,31). The summed E-state index contributed by atoms with van der Waals surface area (Å²) in [6.07, 6.45) is 2.87. The molecule has 2 heterocycles. The molecule has 0 aliphatic carbocycles. The van der Waals surface area contributed by atoms with E-state index < -0.39 is 0 Å². The predicted molar refractivity (Wildman–Crippen MR) is 124 cm³/mol. The van der Waals surface area contributed by atoms with Gasteiger partial charge in [0.2, 0.25) is 5.91 Å². The number of nitrogens with one attached hydrogen (secondary N) is 1. The number of hydrogen-bond acceptors (Lipinski definition) is 4. The van der Waals surface area contributed by atoms with Gasteiger partial charge in [0.1, 0.15) is 18.3 Å². The molecule has 0 fully saturated rings. The van der Waals surface area contributed by atoms with Crippen LogP contribution >= 0.6 is 0 Å². The van der Waals surface area contributed by atoms with Crippen LogP contribution in [0.4, 0.5) is 5.69 Å². The molecule has 0 bridgehead atoms. The summed E-state index contributed by atoms with van der Waals surface area (Å²) >= 11 is 0. The molecular formula is C25H19N5O2. The number of amides is 1. The summed E-state index contributed by atoms with van der Waals surface area (Å²) in [6, 6.07) is 26.8. The van der Waals surface area contributed by atoms with Crippen molar-refractivity contribution < 1.29 is 4.79 Å². The third-order valence-electron chi connectivity index (χ3n) is 5.16. The molecule has 0 aliphatic heterocycles. The maximum Gasteiger partial charge on any atom is 0.264 e. The molecule has 32 heavy (non-hydrogen) atoms. The van der Waals surface area contributed by atoms with Crippen LogP contribution in [0.3, 0.4) is 0 Å². The molecule has 1 N–H and O–H groups in total. The molecule has 0 spiro atoms. The Bertz CT molecular complexity index is 1460. The van der Waals surface area contributed by atoms with Gasteiger partial charge in [0.15, 0.2) is 5.65 Å². The normalized spacial score (nSPS) is 10.9. The number of para-hydroxylation sites is 2. The lowest BCUT2D eigenvalue weighted by atomic mass is 10.0. The second-order valence-corrected chi connectivity index (χ2v) is 7.27. The van der Waals surface area contributed by atoms with Gasteiger partial charge in [-0.1, -0.05) is 66.7 Å². The molecule has 5 aromatic rings. The first-order valence-corrected chi connectivity index (χ1v) is 10.1. The number of aromatic nitrogens is 4. The number of anilines is 1. The number of carbonyl (C=O) groups is 1. The van der Waals surface area contributed by atoms with Crippen LogP contribution in [-0.4, -0.2) is 25.2 Å². The van der Waals surface area contributed by atoms with Crippen LogP contribution in [0.1, 0.15) is 0 Å². The van der Waals surface area contributed by atoms with Gasteiger partial charge >= 0.3 is 0 Å². The Balaban J connectivity index is 1.41. The van der Waals surface area contributed by atoms with Crippen LogP contribution in [0, 0.1) is 0 Å². The summed E-state index contributed by atoms with van der Waals surface area (Å²) in [5.74, 6) is -0.313. The van der Waals surface area contributed by atoms with Crippen LogP contribution in [0.5, 0.6) is 0 Å². The van der Waals surface area contributed by atoms with Crippen molar-refractivity contribution in [1.29, 1.82) is 0 Å². The highest BCUT2D eigenvalue weighted by atomic mass is 16.2. The minimum Gasteiger partial charge on any atom is -0.324 e. The molecule has 0 saturated carbocycles. The van der Waals surface area contributed by atoms with Gasteiger partial charge in [-0.2, -0.15) is 5.10 Å². The highest BCUT2D eigenvalue weighted by molar-refractivity contribution is 5.95. The number of carbonyl (C=O) groups excluding carboxylic acids is 1. The molecule has 0 radical (unpaired) electrons. The van der Waals surface area contributed by atoms with Gasteiger partial charge in [-0.05, 0) is 23.8 Å². The van der Waals surface area contributed by atoms with Gasteiger partial charge in [0.25, 0.3) is 5.56 Å². The first-order valence-electron chi connectivity index (χ1n) is 10.1. The van der Waals surface area contributed by atoms with Crippen molar-refractivity contribution in [2.45, 2.75) is 6.54 Å². The summed E-state index contributed by atoms with van der Waals surface area (Å²) in [7, 11) is 0. The lowest BCUT2D eigenvalue weighted by Gasteiger charge is -2.12. The average molecular weight is 421 g/mol.